The van der Waals surface area contributed by atoms with E-state index in [1.165, 1.54) is 0 Å². The first-order valence-electron chi connectivity index (χ1n) is 6.09. The van der Waals surface area contributed by atoms with Gasteiger partial charge in [-0.15, -0.1) is 0 Å². The van der Waals surface area contributed by atoms with Crippen LogP contribution in [-0.4, -0.2) is 19.3 Å². The quantitative estimate of drug-likeness (QED) is 0.625. The predicted octanol–water partition coefficient (Wildman–Crippen LogP) is 1.55. The number of anilines is 1. The molecule has 0 saturated carbocycles. The second-order valence-electron chi connectivity index (χ2n) is 4.46. The molecule has 0 amide bonds. The normalized spacial score (nSPS) is 11.1. The van der Waals surface area contributed by atoms with E-state index in [4.69, 9.17) is 11.6 Å². The van der Waals surface area contributed by atoms with Crippen molar-refractivity contribution >= 4 is 39.0 Å². The summed E-state index contributed by atoms with van der Waals surface area (Å²) in [6.07, 6.45) is 0. The van der Waals surface area contributed by atoms with Gasteiger partial charge in [0.25, 0.3) is 10.0 Å². The molecular formula is C13H7ClFN2O6S-. The summed E-state index contributed by atoms with van der Waals surface area (Å²) in [5.74, 6) is -2.80. The van der Waals surface area contributed by atoms with Crippen molar-refractivity contribution in [3.05, 3.63) is 62.9 Å². The molecule has 0 radical (unpaired) electrons. The summed E-state index contributed by atoms with van der Waals surface area (Å²) in [5.41, 5.74) is -1.72. The molecule has 0 aliphatic carbocycles. The zero-order valence-corrected chi connectivity index (χ0v) is 13.1. The van der Waals surface area contributed by atoms with E-state index >= 15 is 0 Å². The van der Waals surface area contributed by atoms with Crippen LogP contribution < -0.4 is 9.83 Å². The molecule has 24 heavy (non-hydrogen) atoms. The highest BCUT2D eigenvalue weighted by molar-refractivity contribution is 7.92. The summed E-state index contributed by atoms with van der Waals surface area (Å²) in [7, 11) is -4.29. The molecule has 0 fully saturated rings. The smallest absolute Gasteiger partial charge is 0.306 e. The number of benzene rings is 2. The van der Waals surface area contributed by atoms with Crippen molar-refractivity contribution in [3.8, 4) is 0 Å². The highest BCUT2D eigenvalue weighted by Gasteiger charge is 2.20. The first-order chi connectivity index (χ1) is 11.1. The van der Waals surface area contributed by atoms with Crippen LogP contribution in [0.4, 0.5) is 15.8 Å². The van der Waals surface area contributed by atoms with Crippen molar-refractivity contribution in [2.45, 2.75) is 4.90 Å². The first-order valence-corrected chi connectivity index (χ1v) is 7.95. The van der Waals surface area contributed by atoms with Gasteiger partial charge in [0.05, 0.1) is 21.5 Å². The van der Waals surface area contributed by atoms with E-state index in [1.54, 1.807) is 0 Å². The van der Waals surface area contributed by atoms with Gasteiger partial charge in [0, 0.05) is 16.7 Å². The Kier molecular flexibility index (Phi) is 4.71. The Morgan fingerprint density at radius 3 is 2.46 bits per heavy atom. The van der Waals surface area contributed by atoms with Crippen LogP contribution in [0.25, 0.3) is 0 Å². The molecule has 2 rings (SSSR count). The molecule has 1 N–H and O–H groups in total. The standard InChI is InChI=1S/C13H8ClFN2O6S/c14-10-3-2-8(6-9(10)13(18)19)24(22,23)16-7-1-4-11(15)12(5-7)17(20)21/h1-6,16H,(H,18,19)/p-1. The molecule has 0 saturated heterocycles. The van der Waals surface area contributed by atoms with Crippen LogP contribution in [0.1, 0.15) is 10.4 Å². The minimum absolute atomic E-state index is 0.216. The third-order valence-corrected chi connectivity index (χ3v) is 4.57. The average Bonchev–Trinajstić information content (AvgIpc) is 2.48. The summed E-state index contributed by atoms with van der Waals surface area (Å²) in [5, 5.41) is 21.3. The highest BCUT2D eigenvalue weighted by Crippen LogP contribution is 2.25. The van der Waals surface area contributed by atoms with Crippen LogP contribution in [0.5, 0.6) is 0 Å². The van der Waals surface area contributed by atoms with Crippen LogP contribution in [0.3, 0.4) is 0 Å². The molecule has 0 atom stereocenters. The Bertz CT molecular complexity index is 947. The highest BCUT2D eigenvalue weighted by atomic mass is 35.5. The minimum atomic E-state index is -4.29. The Hall–Kier alpha value is -2.72. The number of nitro groups is 1. The van der Waals surface area contributed by atoms with E-state index in [0.717, 1.165) is 30.3 Å². The first kappa shape index (κ1) is 17.6. The third-order valence-electron chi connectivity index (χ3n) is 2.86. The summed E-state index contributed by atoms with van der Waals surface area (Å²) >= 11 is 5.62. The lowest BCUT2D eigenvalue weighted by atomic mass is 10.2. The van der Waals surface area contributed by atoms with Crippen LogP contribution in [0, 0.1) is 15.9 Å². The Balaban J connectivity index is 2.42. The fraction of sp³-hybridized carbons (Fsp3) is 0. The van der Waals surface area contributed by atoms with E-state index in [-0.39, 0.29) is 10.7 Å². The number of nitrogens with one attached hydrogen (secondary N) is 1. The number of carbonyl (C=O) groups is 1. The number of halogens is 2. The number of carbonyl (C=O) groups excluding carboxylic acids is 1. The van der Waals surface area contributed by atoms with Crippen molar-refractivity contribution in [3.63, 3.8) is 0 Å². The van der Waals surface area contributed by atoms with Gasteiger partial charge in [-0.3, -0.25) is 14.8 Å². The average molecular weight is 374 g/mol. The maximum atomic E-state index is 13.3. The minimum Gasteiger partial charge on any atom is -0.545 e. The van der Waals surface area contributed by atoms with Crippen molar-refractivity contribution < 1.29 is 27.6 Å². The summed E-state index contributed by atoms with van der Waals surface area (Å²) in [6.45, 7) is 0. The fourth-order valence-electron chi connectivity index (χ4n) is 1.76. The molecule has 2 aromatic carbocycles. The summed E-state index contributed by atoms with van der Waals surface area (Å²) in [4.78, 5) is 20.1. The Labute approximate surface area is 139 Å². The van der Waals surface area contributed by atoms with Crippen molar-refractivity contribution in [1.82, 2.24) is 0 Å². The molecule has 0 aliphatic rings. The number of hydrogen-bond donors (Lipinski definition) is 1. The number of sulfonamides is 1. The van der Waals surface area contributed by atoms with Gasteiger partial charge in [-0.2, -0.15) is 4.39 Å². The van der Waals surface area contributed by atoms with Crippen LogP contribution in [0.15, 0.2) is 41.3 Å². The molecule has 0 aliphatic heterocycles. The molecule has 0 bridgehead atoms. The van der Waals surface area contributed by atoms with E-state index in [9.17, 15) is 32.8 Å². The number of carboxylic acid groups (broad SMARTS) is 1. The second kappa shape index (κ2) is 6.42. The number of hydrogen-bond acceptors (Lipinski definition) is 6. The monoisotopic (exact) mass is 373 g/mol. The third kappa shape index (κ3) is 3.60. The van der Waals surface area contributed by atoms with Crippen molar-refractivity contribution in [2.24, 2.45) is 0 Å². The molecule has 0 unspecified atom stereocenters. The second-order valence-corrected chi connectivity index (χ2v) is 6.55. The van der Waals surface area contributed by atoms with Crippen LogP contribution >= 0.6 is 11.6 Å². The van der Waals surface area contributed by atoms with E-state index in [2.05, 4.69) is 0 Å². The largest absolute Gasteiger partial charge is 0.545 e. The summed E-state index contributed by atoms with van der Waals surface area (Å²) in [6, 6.07) is 5.27. The lowest BCUT2D eigenvalue weighted by molar-refractivity contribution is -0.387. The number of aromatic carboxylic acids is 1. The van der Waals surface area contributed by atoms with Crippen molar-refractivity contribution in [2.75, 3.05) is 4.72 Å². The van der Waals surface area contributed by atoms with Gasteiger partial charge >= 0.3 is 5.69 Å². The molecule has 2 aromatic rings. The van der Waals surface area contributed by atoms with Gasteiger partial charge in [0.1, 0.15) is 0 Å². The molecule has 126 valence electrons. The maximum absolute atomic E-state index is 13.3. The SMILES string of the molecule is O=C([O-])c1cc(S(=O)(=O)Nc2ccc(F)c([N+](=O)[O-])c2)ccc1Cl. The van der Waals surface area contributed by atoms with E-state index in [1.807, 2.05) is 4.72 Å². The van der Waals surface area contributed by atoms with Gasteiger partial charge in [-0.05, 0) is 30.3 Å². The number of nitrogens with zero attached hydrogens (tertiary/aromatic N) is 1. The summed E-state index contributed by atoms with van der Waals surface area (Å²) < 4.78 is 39.7. The molecule has 11 heteroatoms. The van der Waals surface area contributed by atoms with E-state index in [0.29, 0.717) is 6.07 Å². The topological polar surface area (TPSA) is 129 Å². The van der Waals surface area contributed by atoms with E-state index < -0.39 is 42.9 Å². The molecular weight excluding hydrogens is 367 g/mol. The fourth-order valence-corrected chi connectivity index (χ4v) is 3.03. The lowest BCUT2D eigenvalue weighted by Crippen LogP contribution is -2.23. The van der Waals surface area contributed by atoms with Crippen molar-refractivity contribution in [1.29, 1.82) is 0 Å². The van der Waals surface area contributed by atoms with Gasteiger partial charge in [-0.1, -0.05) is 11.6 Å². The van der Waals surface area contributed by atoms with Crippen LogP contribution in [0.2, 0.25) is 5.02 Å². The van der Waals surface area contributed by atoms with Gasteiger partial charge < -0.3 is 9.90 Å². The predicted molar refractivity (Wildman–Crippen MR) is 79.6 cm³/mol. The van der Waals surface area contributed by atoms with Gasteiger partial charge in [0.2, 0.25) is 5.82 Å². The molecule has 0 aromatic heterocycles. The Morgan fingerprint density at radius 1 is 1.21 bits per heavy atom. The number of carboxylic acids is 1. The number of rotatable bonds is 5. The lowest BCUT2D eigenvalue weighted by Gasteiger charge is -2.11. The maximum Gasteiger partial charge on any atom is 0.306 e. The zero-order valence-electron chi connectivity index (χ0n) is 11.5. The molecule has 8 nitrogen and oxygen atoms in total. The zero-order chi connectivity index (χ0) is 18.1. The van der Waals surface area contributed by atoms with Gasteiger partial charge in [-0.25, -0.2) is 8.42 Å². The van der Waals surface area contributed by atoms with Crippen LogP contribution in [-0.2, 0) is 10.0 Å². The molecule has 0 spiro atoms. The van der Waals surface area contributed by atoms with Gasteiger partial charge in [0.15, 0.2) is 0 Å². The Morgan fingerprint density at radius 2 is 1.88 bits per heavy atom. The molecule has 0 heterocycles. The number of nitro benzene ring substituents is 1.